The maximum absolute atomic E-state index is 9.69. The van der Waals surface area contributed by atoms with E-state index >= 15 is 0 Å². The Hall–Kier alpha value is -1.94. The zero-order chi connectivity index (χ0) is 13.5. The summed E-state index contributed by atoms with van der Waals surface area (Å²) in [5, 5.41) is 13.6. The molecule has 0 radical (unpaired) electrons. The van der Waals surface area contributed by atoms with Crippen molar-refractivity contribution in [2.75, 3.05) is 6.26 Å². The minimum absolute atomic E-state index is 0.199. The van der Waals surface area contributed by atoms with Gasteiger partial charge in [-0.2, -0.15) is 0 Å². The molecule has 4 heteroatoms. The molecule has 0 aliphatic carbocycles. The van der Waals surface area contributed by atoms with E-state index in [2.05, 4.69) is 5.16 Å². The molecule has 2 aromatic rings. The van der Waals surface area contributed by atoms with Crippen LogP contribution in [0.5, 0.6) is 5.75 Å². The average molecular weight is 273 g/mol. The number of nitrogens with zero attached hydrogens (tertiary/aromatic N) is 1. The fourth-order valence-corrected chi connectivity index (χ4v) is 1.99. The highest BCUT2D eigenvalue weighted by atomic mass is 32.2. The molecule has 0 spiro atoms. The predicted molar refractivity (Wildman–Crippen MR) is 78.7 cm³/mol. The van der Waals surface area contributed by atoms with E-state index in [4.69, 9.17) is 4.84 Å². The van der Waals surface area contributed by atoms with E-state index in [0.717, 1.165) is 10.5 Å². The standard InChI is InChI=1S/C15H15NO2S/c1-19-14-7-8-15(17)13(9-14)10-16-18-11-12-5-3-2-4-6-12/h2-10,17H,11H2,1H3/b16-10+. The molecule has 0 amide bonds. The van der Waals surface area contributed by atoms with E-state index in [9.17, 15) is 5.11 Å². The van der Waals surface area contributed by atoms with Gasteiger partial charge in [0.05, 0.1) is 6.21 Å². The number of rotatable bonds is 5. The van der Waals surface area contributed by atoms with Crippen molar-refractivity contribution in [3.05, 3.63) is 59.7 Å². The molecule has 0 saturated heterocycles. The first-order chi connectivity index (χ1) is 9.29. The molecule has 0 aliphatic heterocycles. The van der Waals surface area contributed by atoms with E-state index in [1.165, 1.54) is 6.21 Å². The summed E-state index contributed by atoms with van der Waals surface area (Å²) < 4.78 is 0. The van der Waals surface area contributed by atoms with Gasteiger partial charge in [0.1, 0.15) is 12.4 Å². The topological polar surface area (TPSA) is 41.8 Å². The Labute approximate surface area is 116 Å². The lowest BCUT2D eigenvalue weighted by atomic mass is 10.2. The molecule has 98 valence electrons. The molecule has 3 nitrogen and oxygen atoms in total. The van der Waals surface area contributed by atoms with Gasteiger partial charge in [-0.3, -0.25) is 0 Å². The van der Waals surface area contributed by atoms with Crippen LogP contribution in [-0.2, 0) is 11.4 Å². The van der Waals surface area contributed by atoms with Crippen LogP contribution in [0.3, 0.4) is 0 Å². The summed E-state index contributed by atoms with van der Waals surface area (Å²) in [6, 6.07) is 15.2. The van der Waals surface area contributed by atoms with Gasteiger partial charge in [-0.15, -0.1) is 11.8 Å². The quantitative estimate of drug-likeness (QED) is 0.513. The second-order valence-electron chi connectivity index (χ2n) is 3.92. The van der Waals surface area contributed by atoms with Gasteiger partial charge in [-0.05, 0) is 30.0 Å². The summed E-state index contributed by atoms with van der Waals surface area (Å²) in [7, 11) is 0. The molecule has 0 aromatic heterocycles. The predicted octanol–water partition coefficient (Wildman–Crippen LogP) is 3.66. The van der Waals surface area contributed by atoms with E-state index in [0.29, 0.717) is 12.2 Å². The fourth-order valence-electron chi connectivity index (χ4n) is 1.54. The van der Waals surface area contributed by atoms with Crippen LogP contribution < -0.4 is 0 Å². The van der Waals surface area contributed by atoms with Crippen LogP contribution in [-0.4, -0.2) is 17.6 Å². The summed E-state index contributed by atoms with van der Waals surface area (Å²) in [5.74, 6) is 0.199. The second kappa shape index (κ2) is 6.85. The Morgan fingerprint density at radius 1 is 1.21 bits per heavy atom. The molecular formula is C15H15NO2S. The number of hydrogen-bond acceptors (Lipinski definition) is 4. The van der Waals surface area contributed by atoms with Crippen molar-refractivity contribution in [2.45, 2.75) is 11.5 Å². The van der Waals surface area contributed by atoms with E-state index in [1.54, 1.807) is 17.8 Å². The summed E-state index contributed by atoms with van der Waals surface area (Å²) in [6.45, 7) is 0.417. The molecule has 19 heavy (non-hydrogen) atoms. The summed E-state index contributed by atoms with van der Waals surface area (Å²) in [5.41, 5.74) is 1.71. The van der Waals surface area contributed by atoms with Crippen LogP contribution in [0, 0.1) is 0 Å². The Balaban J connectivity index is 1.95. The van der Waals surface area contributed by atoms with Crippen molar-refractivity contribution in [1.29, 1.82) is 0 Å². The smallest absolute Gasteiger partial charge is 0.142 e. The zero-order valence-corrected chi connectivity index (χ0v) is 11.4. The molecule has 0 unspecified atom stereocenters. The number of phenolic OH excluding ortho intramolecular Hbond substituents is 1. The van der Waals surface area contributed by atoms with Gasteiger partial charge in [-0.25, -0.2) is 0 Å². The first-order valence-electron chi connectivity index (χ1n) is 5.86. The van der Waals surface area contributed by atoms with Crippen LogP contribution in [0.15, 0.2) is 58.6 Å². The van der Waals surface area contributed by atoms with Crippen LogP contribution in [0.25, 0.3) is 0 Å². The lowest BCUT2D eigenvalue weighted by Gasteiger charge is -2.02. The number of phenols is 1. The molecule has 0 saturated carbocycles. The van der Waals surface area contributed by atoms with Crippen LogP contribution >= 0.6 is 11.8 Å². The lowest BCUT2D eigenvalue weighted by Crippen LogP contribution is -1.88. The van der Waals surface area contributed by atoms with Gasteiger partial charge in [0.25, 0.3) is 0 Å². The van der Waals surface area contributed by atoms with Crippen molar-refractivity contribution in [3.8, 4) is 5.75 Å². The number of aromatic hydroxyl groups is 1. The van der Waals surface area contributed by atoms with Gasteiger partial charge in [0.15, 0.2) is 0 Å². The maximum Gasteiger partial charge on any atom is 0.142 e. The third kappa shape index (κ3) is 4.03. The first-order valence-corrected chi connectivity index (χ1v) is 7.08. The molecule has 0 atom stereocenters. The van der Waals surface area contributed by atoms with Gasteiger partial charge in [0.2, 0.25) is 0 Å². The van der Waals surface area contributed by atoms with Crippen molar-refractivity contribution < 1.29 is 9.94 Å². The lowest BCUT2D eigenvalue weighted by molar-refractivity contribution is 0.132. The second-order valence-corrected chi connectivity index (χ2v) is 4.80. The molecule has 2 aromatic carbocycles. The summed E-state index contributed by atoms with van der Waals surface area (Å²) in [6.07, 6.45) is 3.51. The molecule has 0 fully saturated rings. The van der Waals surface area contributed by atoms with Gasteiger partial charge >= 0.3 is 0 Å². The summed E-state index contributed by atoms with van der Waals surface area (Å²) in [4.78, 5) is 6.28. The Morgan fingerprint density at radius 3 is 2.74 bits per heavy atom. The Morgan fingerprint density at radius 2 is 2.00 bits per heavy atom. The van der Waals surface area contributed by atoms with Gasteiger partial charge in [0, 0.05) is 10.5 Å². The largest absolute Gasteiger partial charge is 0.507 e. The highest BCUT2D eigenvalue weighted by Gasteiger charge is 1.99. The number of benzene rings is 2. The minimum atomic E-state index is 0.199. The summed E-state index contributed by atoms with van der Waals surface area (Å²) >= 11 is 1.61. The normalized spacial score (nSPS) is 10.8. The van der Waals surface area contributed by atoms with Crippen LogP contribution in [0.4, 0.5) is 0 Å². The highest BCUT2D eigenvalue weighted by Crippen LogP contribution is 2.22. The Bertz CT molecular complexity index is 555. The van der Waals surface area contributed by atoms with Crippen molar-refractivity contribution in [1.82, 2.24) is 0 Å². The minimum Gasteiger partial charge on any atom is -0.507 e. The highest BCUT2D eigenvalue weighted by molar-refractivity contribution is 7.98. The third-order valence-corrected chi connectivity index (χ3v) is 3.30. The first kappa shape index (κ1) is 13.5. The SMILES string of the molecule is CSc1ccc(O)c(/C=N/OCc2ccccc2)c1. The molecule has 0 aliphatic rings. The molecule has 0 bridgehead atoms. The Kier molecular flexibility index (Phi) is 4.86. The average Bonchev–Trinajstić information content (AvgIpc) is 2.46. The molecule has 0 heterocycles. The monoisotopic (exact) mass is 273 g/mol. The third-order valence-electron chi connectivity index (χ3n) is 2.58. The molecule has 1 N–H and O–H groups in total. The molecular weight excluding hydrogens is 258 g/mol. The number of thioether (sulfide) groups is 1. The molecule has 2 rings (SSSR count). The van der Waals surface area contributed by atoms with E-state index in [1.807, 2.05) is 48.7 Å². The number of hydrogen-bond donors (Lipinski definition) is 1. The van der Waals surface area contributed by atoms with Crippen LogP contribution in [0.1, 0.15) is 11.1 Å². The van der Waals surface area contributed by atoms with Crippen LogP contribution in [0.2, 0.25) is 0 Å². The van der Waals surface area contributed by atoms with Crippen molar-refractivity contribution in [2.24, 2.45) is 5.16 Å². The van der Waals surface area contributed by atoms with Gasteiger partial charge < -0.3 is 9.94 Å². The van der Waals surface area contributed by atoms with E-state index < -0.39 is 0 Å². The van der Waals surface area contributed by atoms with E-state index in [-0.39, 0.29) is 5.75 Å². The number of oxime groups is 1. The van der Waals surface area contributed by atoms with Gasteiger partial charge in [-0.1, -0.05) is 35.5 Å². The van der Waals surface area contributed by atoms with Crippen molar-refractivity contribution >= 4 is 18.0 Å². The van der Waals surface area contributed by atoms with Crippen molar-refractivity contribution in [3.63, 3.8) is 0 Å². The fraction of sp³-hybridized carbons (Fsp3) is 0.133. The maximum atomic E-state index is 9.69. The zero-order valence-electron chi connectivity index (χ0n) is 10.6.